The second kappa shape index (κ2) is 10.8. The van der Waals surface area contributed by atoms with Crippen LogP contribution in [0.1, 0.15) is 48.2 Å². The Bertz CT molecular complexity index is 948. The molecule has 0 aliphatic carbocycles. The predicted molar refractivity (Wildman–Crippen MR) is 123 cm³/mol. The van der Waals surface area contributed by atoms with Crippen LogP contribution in [0.2, 0.25) is 0 Å². The maximum Gasteiger partial charge on any atom is 0.287 e. The fraction of sp³-hybridized carbons (Fsp3) is 0.346. The van der Waals surface area contributed by atoms with Crippen LogP contribution in [0, 0.1) is 5.92 Å². The maximum absolute atomic E-state index is 12.5. The summed E-state index contributed by atoms with van der Waals surface area (Å²) in [5.74, 6) is 2.16. The van der Waals surface area contributed by atoms with Gasteiger partial charge in [-0.2, -0.15) is 0 Å². The molecule has 1 aromatic heterocycles. The molecule has 0 aliphatic rings. The van der Waals surface area contributed by atoms with Gasteiger partial charge in [0.15, 0.2) is 5.76 Å². The van der Waals surface area contributed by atoms with Gasteiger partial charge in [0.2, 0.25) is 0 Å². The van der Waals surface area contributed by atoms with Crippen LogP contribution in [0.4, 0.5) is 0 Å². The number of hydrogen-bond acceptors (Lipinski definition) is 4. The molecular weight excluding hydrogens is 388 g/mol. The number of furan rings is 1. The highest BCUT2D eigenvalue weighted by atomic mass is 16.5. The average molecular weight is 421 g/mol. The van der Waals surface area contributed by atoms with E-state index in [1.54, 1.807) is 13.2 Å². The van der Waals surface area contributed by atoms with Crippen LogP contribution < -0.4 is 10.1 Å². The molecule has 0 saturated carbocycles. The second-order valence-corrected chi connectivity index (χ2v) is 8.25. The van der Waals surface area contributed by atoms with E-state index in [2.05, 4.69) is 48.3 Å². The first-order valence-corrected chi connectivity index (χ1v) is 10.7. The van der Waals surface area contributed by atoms with Crippen LogP contribution in [0.5, 0.6) is 5.75 Å². The standard InChI is InChI=1S/C26H32N2O3/c1-19(2)20(3)27-26(29)25-15-14-24(31-25)18-28(16-21-8-6-5-7-9-21)17-22-10-12-23(30-4)13-11-22/h5-15,19-20H,16-18H2,1-4H3,(H,27,29). The number of carbonyl (C=O) groups is 1. The molecule has 0 bridgehead atoms. The van der Waals surface area contributed by atoms with Crippen molar-refractivity contribution in [2.75, 3.05) is 7.11 Å². The zero-order chi connectivity index (χ0) is 22.2. The third kappa shape index (κ3) is 6.72. The molecule has 5 heteroatoms. The van der Waals surface area contributed by atoms with E-state index in [-0.39, 0.29) is 11.9 Å². The van der Waals surface area contributed by atoms with E-state index in [4.69, 9.17) is 9.15 Å². The van der Waals surface area contributed by atoms with Gasteiger partial charge in [-0.3, -0.25) is 9.69 Å². The Morgan fingerprint density at radius 3 is 2.16 bits per heavy atom. The van der Waals surface area contributed by atoms with Gasteiger partial charge in [-0.15, -0.1) is 0 Å². The fourth-order valence-corrected chi connectivity index (χ4v) is 3.25. The minimum Gasteiger partial charge on any atom is -0.497 e. The van der Waals surface area contributed by atoms with E-state index < -0.39 is 0 Å². The molecule has 1 atom stereocenters. The highest BCUT2D eigenvalue weighted by Gasteiger charge is 2.17. The number of nitrogens with zero attached hydrogens (tertiary/aromatic N) is 1. The Morgan fingerprint density at radius 1 is 0.903 bits per heavy atom. The number of benzene rings is 2. The lowest BCUT2D eigenvalue weighted by Crippen LogP contribution is -2.35. The van der Waals surface area contributed by atoms with Gasteiger partial charge < -0.3 is 14.5 Å². The molecule has 0 fully saturated rings. The van der Waals surface area contributed by atoms with Crippen LogP contribution in [0.3, 0.4) is 0 Å². The smallest absolute Gasteiger partial charge is 0.287 e. The molecule has 1 N–H and O–H groups in total. The number of rotatable bonds is 10. The number of nitrogens with one attached hydrogen (secondary N) is 1. The molecule has 0 saturated heterocycles. The summed E-state index contributed by atoms with van der Waals surface area (Å²) in [6, 6.07) is 22.2. The molecule has 0 aliphatic heterocycles. The van der Waals surface area contributed by atoms with E-state index in [1.165, 1.54) is 11.1 Å². The van der Waals surface area contributed by atoms with Crippen LogP contribution in [0.25, 0.3) is 0 Å². The zero-order valence-corrected chi connectivity index (χ0v) is 18.8. The highest BCUT2D eigenvalue weighted by molar-refractivity contribution is 5.91. The molecular formula is C26H32N2O3. The minimum atomic E-state index is -0.169. The van der Waals surface area contributed by atoms with Gasteiger partial charge in [0, 0.05) is 19.1 Å². The largest absolute Gasteiger partial charge is 0.497 e. The second-order valence-electron chi connectivity index (χ2n) is 8.25. The van der Waals surface area contributed by atoms with Crippen molar-refractivity contribution >= 4 is 5.91 Å². The Balaban J connectivity index is 1.71. The first kappa shape index (κ1) is 22.6. The van der Waals surface area contributed by atoms with E-state index in [9.17, 15) is 4.79 Å². The Labute approximate surface area is 185 Å². The van der Waals surface area contributed by atoms with Gasteiger partial charge >= 0.3 is 0 Å². The fourth-order valence-electron chi connectivity index (χ4n) is 3.25. The van der Waals surface area contributed by atoms with Crippen molar-refractivity contribution in [2.24, 2.45) is 5.92 Å². The minimum absolute atomic E-state index is 0.0886. The third-order valence-corrected chi connectivity index (χ3v) is 5.44. The van der Waals surface area contributed by atoms with Gasteiger partial charge in [0.25, 0.3) is 5.91 Å². The van der Waals surface area contributed by atoms with Crippen molar-refractivity contribution in [3.63, 3.8) is 0 Å². The first-order valence-electron chi connectivity index (χ1n) is 10.7. The summed E-state index contributed by atoms with van der Waals surface area (Å²) >= 11 is 0. The van der Waals surface area contributed by atoms with Crippen LogP contribution >= 0.6 is 0 Å². The first-order chi connectivity index (χ1) is 14.9. The molecule has 164 valence electrons. The Hall–Kier alpha value is -3.05. The average Bonchev–Trinajstić information content (AvgIpc) is 3.23. The topological polar surface area (TPSA) is 54.7 Å². The zero-order valence-electron chi connectivity index (χ0n) is 18.8. The molecule has 1 heterocycles. The predicted octanol–water partition coefficient (Wildman–Crippen LogP) is 5.26. The molecule has 2 aromatic carbocycles. The van der Waals surface area contributed by atoms with Gasteiger partial charge in [-0.1, -0.05) is 56.3 Å². The summed E-state index contributed by atoms with van der Waals surface area (Å²) in [7, 11) is 1.67. The lowest BCUT2D eigenvalue weighted by Gasteiger charge is -2.22. The molecule has 31 heavy (non-hydrogen) atoms. The third-order valence-electron chi connectivity index (χ3n) is 5.44. The van der Waals surface area contributed by atoms with Crippen molar-refractivity contribution in [2.45, 2.75) is 46.4 Å². The maximum atomic E-state index is 12.5. The van der Waals surface area contributed by atoms with Gasteiger partial charge in [0.05, 0.1) is 13.7 Å². The summed E-state index contributed by atoms with van der Waals surface area (Å²) in [6.07, 6.45) is 0. The molecule has 3 aromatic rings. The molecule has 5 nitrogen and oxygen atoms in total. The summed E-state index contributed by atoms with van der Waals surface area (Å²) in [4.78, 5) is 14.8. The lowest BCUT2D eigenvalue weighted by atomic mass is 10.1. The van der Waals surface area contributed by atoms with E-state index in [0.717, 1.165) is 24.6 Å². The number of methoxy groups -OCH3 is 1. The van der Waals surface area contributed by atoms with Gasteiger partial charge in [-0.25, -0.2) is 0 Å². The van der Waals surface area contributed by atoms with Crippen molar-refractivity contribution in [1.29, 1.82) is 0 Å². The Morgan fingerprint density at radius 2 is 1.55 bits per heavy atom. The van der Waals surface area contributed by atoms with Crippen molar-refractivity contribution in [1.82, 2.24) is 10.2 Å². The van der Waals surface area contributed by atoms with E-state index >= 15 is 0 Å². The lowest BCUT2D eigenvalue weighted by molar-refractivity contribution is 0.0898. The van der Waals surface area contributed by atoms with Gasteiger partial charge in [-0.05, 0) is 48.2 Å². The van der Waals surface area contributed by atoms with Gasteiger partial charge in [0.1, 0.15) is 11.5 Å². The molecule has 0 spiro atoms. The highest BCUT2D eigenvalue weighted by Crippen LogP contribution is 2.18. The molecule has 1 unspecified atom stereocenters. The SMILES string of the molecule is COc1ccc(CN(Cc2ccccc2)Cc2ccc(C(=O)NC(C)C(C)C)o2)cc1. The van der Waals surface area contributed by atoms with Crippen LogP contribution in [0.15, 0.2) is 71.1 Å². The van der Waals surface area contributed by atoms with Crippen molar-refractivity contribution in [3.05, 3.63) is 89.4 Å². The van der Waals surface area contributed by atoms with E-state index in [0.29, 0.717) is 18.2 Å². The number of carbonyl (C=O) groups excluding carboxylic acids is 1. The van der Waals surface area contributed by atoms with Crippen molar-refractivity contribution < 1.29 is 13.9 Å². The molecule has 3 rings (SSSR count). The number of ether oxygens (including phenoxy) is 1. The Kier molecular flexibility index (Phi) is 7.90. The number of hydrogen-bond donors (Lipinski definition) is 1. The molecule has 1 amide bonds. The van der Waals surface area contributed by atoms with E-state index in [1.807, 2.05) is 43.3 Å². The summed E-state index contributed by atoms with van der Waals surface area (Å²) in [6.45, 7) is 8.31. The van der Waals surface area contributed by atoms with Crippen LogP contribution in [-0.4, -0.2) is 24.0 Å². The molecule has 0 radical (unpaired) electrons. The summed E-state index contributed by atoms with van der Waals surface area (Å²) in [5.41, 5.74) is 2.42. The number of amides is 1. The van der Waals surface area contributed by atoms with Crippen LogP contribution in [-0.2, 0) is 19.6 Å². The monoisotopic (exact) mass is 420 g/mol. The summed E-state index contributed by atoms with van der Waals surface area (Å²) in [5, 5.41) is 2.99. The quantitative estimate of drug-likeness (QED) is 0.486. The normalized spacial score (nSPS) is 12.2. The summed E-state index contributed by atoms with van der Waals surface area (Å²) < 4.78 is 11.2. The van der Waals surface area contributed by atoms with Crippen molar-refractivity contribution in [3.8, 4) is 5.75 Å².